The average molecular weight is 263 g/mol. The fourth-order valence-corrected chi connectivity index (χ4v) is 1.48. The Morgan fingerprint density at radius 2 is 2.21 bits per heavy atom. The lowest BCUT2D eigenvalue weighted by molar-refractivity contribution is -0.116. The minimum absolute atomic E-state index is 0.0810. The molecule has 0 aliphatic heterocycles. The zero-order chi connectivity index (χ0) is 13.9. The van der Waals surface area contributed by atoms with E-state index in [4.69, 9.17) is 9.84 Å². The number of carbonyl (C=O) groups is 1. The molecule has 0 aliphatic carbocycles. The third kappa shape index (κ3) is 6.06. The van der Waals surface area contributed by atoms with Gasteiger partial charge in [-0.05, 0) is 25.0 Å². The van der Waals surface area contributed by atoms with Crippen LogP contribution in [0, 0.1) is 0 Å². The van der Waals surface area contributed by atoms with Crippen LogP contribution in [0.4, 0.5) is 0 Å². The van der Waals surface area contributed by atoms with Gasteiger partial charge in [-0.25, -0.2) is 0 Å². The van der Waals surface area contributed by atoms with Crippen molar-refractivity contribution >= 4 is 12.0 Å². The molecule has 0 heterocycles. The maximum Gasteiger partial charge on any atom is 0.244 e. The van der Waals surface area contributed by atoms with Crippen molar-refractivity contribution in [1.82, 2.24) is 5.32 Å². The van der Waals surface area contributed by atoms with Crippen LogP contribution in [0.15, 0.2) is 30.3 Å². The smallest absolute Gasteiger partial charge is 0.244 e. The lowest BCUT2D eigenvalue weighted by Gasteiger charge is -2.07. The van der Waals surface area contributed by atoms with Crippen molar-refractivity contribution in [1.29, 1.82) is 0 Å². The van der Waals surface area contributed by atoms with Crippen LogP contribution in [0.25, 0.3) is 6.08 Å². The van der Waals surface area contributed by atoms with Gasteiger partial charge in [0.1, 0.15) is 5.75 Å². The number of rotatable bonds is 8. The van der Waals surface area contributed by atoms with Gasteiger partial charge in [0.05, 0.1) is 6.61 Å². The van der Waals surface area contributed by atoms with Crippen LogP contribution in [0.5, 0.6) is 5.75 Å². The number of amides is 1. The van der Waals surface area contributed by atoms with Crippen LogP contribution >= 0.6 is 0 Å². The van der Waals surface area contributed by atoms with Crippen molar-refractivity contribution in [3.8, 4) is 5.75 Å². The lowest BCUT2D eigenvalue weighted by atomic mass is 10.2. The molecular formula is C15H21NO3. The molecule has 0 aromatic heterocycles. The van der Waals surface area contributed by atoms with E-state index in [9.17, 15) is 4.79 Å². The minimum atomic E-state index is -0.168. The van der Waals surface area contributed by atoms with Crippen molar-refractivity contribution in [3.63, 3.8) is 0 Å². The third-order valence-corrected chi connectivity index (χ3v) is 2.43. The summed E-state index contributed by atoms with van der Waals surface area (Å²) in [6, 6.07) is 7.60. The molecule has 104 valence electrons. The van der Waals surface area contributed by atoms with Crippen molar-refractivity contribution in [2.24, 2.45) is 0 Å². The largest absolute Gasteiger partial charge is 0.493 e. The Bertz CT molecular complexity index is 416. The highest BCUT2D eigenvalue weighted by Gasteiger charge is 2.00. The number of aliphatic hydroxyl groups is 1. The van der Waals surface area contributed by atoms with Crippen LogP contribution < -0.4 is 10.1 Å². The highest BCUT2D eigenvalue weighted by atomic mass is 16.5. The van der Waals surface area contributed by atoms with Crippen LogP contribution in [0.1, 0.15) is 25.3 Å². The van der Waals surface area contributed by atoms with Crippen LogP contribution in [-0.2, 0) is 4.79 Å². The Labute approximate surface area is 114 Å². The van der Waals surface area contributed by atoms with E-state index in [0.29, 0.717) is 19.6 Å². The molecule has 0 spiro atoms. The summed E-state index contributed by atoms with van der Waals surface area (Å²) in [6.45, 7) is 3.27. The van der Waals surface area contributed by atoms with E-state index in [2.05, 4.69) is 5.32 Å². The van der Waals surface area contributed by atoms with Crippen molar-refractivity contribution in [2.45, 2.75) is 19.8 Å². The predicted octanol–water partition coefficient (Wildman–Crippen LogP) is 1.99. The average Bonchev–Trinajstić information content (AvgIpc) is 2.44. The van der Waals surface area contributed by atoms with E-state index < -0.39 is 0 Å². The molecule has 0 fully saturated rings. The lowest BCUT2D eigenvalue weighted by Crippen LogP contribution is -2.22. The molecule has 1 rings (SSSR count). The predicted molar refractivity (Wildman–Crippen MR) is 76.0 cm³/mol. The van der Waals surface area contributed by atoms with E-state index in [1.807, 2.05) is 31.2 Å². The Hall–Kier alpha value is -1.81. The number of ether oxygens (including phenoxy) is 1. The second-order valence-corrected chi connectivity index (χ2v) is 4.09. The first kappa shape index (κ1) is 15.2. The molecule has 0 atom stereocenters. The zero-order valence-corrected chi connectivity index (χ0v) is 11.3. The molecule has 1 amide bonds. The third-order valence-electron chi connectivity index (χ3n) is 2.43. The van der Waals surface area contributed by atoms with Gasteiger partial charge < -0.3 is 15.2 Å². The Balaban J connectivity index is 2.57. The molecule has 0 unspecified atom stereocenters. The second kappa shape index (κ2) is 9.16. The zero-order valence-electron chi connectivity index (χ0n) is 11.3. The molecule has 19 heavy (non-hydrogen) atoms. The van der Waals surface area contributed by atoms with Gasteiger partial charge >= 0.3 is 0 Å². The van der Waals surface area contributed by atoms with Gasteiger partial charge in [-0.3, -0.25) is 4.79 Å². The monoisotopic (exact) mass is 263 g/mol. The van der Waals surface area contributed by atoms with E-state index in [1.54, 1.807) is 6.08 Å². The van der Waals surface area contributed by atoms with Gasteiger partial charge in [-0.15, -0.1) is 0 Å². The minimum Gasteiger partial charge on any atom is -0.493 e. The first-order chi connectivity index (χ1) is 9.27. The highest BCUT2D eigenvalue weighted by Crippen LogP contribution is 2.19. The van der Waals surface area contributed by atoms with Gasteiger partial charge in [-0.1, -0.05) is 25.1 Å². The second-order valence-electron chi connectivity index (χ2n) is 4.09. The Morgan fingerprint density at radius 3 is 2.95 bits per heavy atom. The number of nitrogens with one attached hydrogen (secondary N) is 1. The summed E-state index contributed by atoms with van der Waals surface area (Å²) in [4.78, 5) is 11.5. The van der Waals surface area contributed by atoms with Crippen molar-refractivity contribution in [2.75, 3.05) is 19.8 Å². The number of hydrogen-bond acceptors (Lipinski definition) is 3. The molecule has 0 aliphatic rings. The summed E-state index contributed by atoms with van der Waals surface area (Å²) in [7, 11) is 0. The summed E-state index contributed by atoms with van der Waals surface area (Å²) in [5.74, 6) is 0.613. The van der Waals surface area contributed by atoms with Crippen LogP contribution in [0.3, 0.4) is 0 Å². The fraction of sp³-hybridized carbons (Fsp3) is 0.400. The van der Waals surface area contributed by atoms with Gasteiger partial charge in [0.25, 0.3) is 0 Å². The first-order valence-corrected chi connectivity index (χ1v) is 6.56. The molecule has 4 heteroatoms. The number of aliphatic hydroxyl groups excluding tert-OH is 1. The van der Waals surface area contributed by atoms with E-state index >= 15 is 0 Å². The topological polar surface area (TPSA) is 58.6 Å². The molecule has 2 N–H and O–H groups in total. The van der Waals surface area contributed by atoms with E-state index in [-0.39, 0.29) is 12.5 Å². The molecule has 0 saturated heterocycles. The molecule has 0 bridgehead atoms. The molecule has 0 saturated carbocycles. The Morgan fingerprint density at radius 1 is 1.42 bits per heavy atom. The maximum atomic E-state index is 11.5. The van der Waals surface area contributed by atoms with Gasteiger partial charge in [0.15, 0.2) is 0 Å². The van der Waals surface area contributed by atoms with Gasteiger partial charge in [-0.2, -0.15) is 0 Å². The molecular weight excluding hydrogens is 242 g/mol. The standard InChI is InChI=1S/C15H21NO3/c1-2-12-19-14-7-4-3-6-13(14)8-9-15(18)16-10-5-11-17/h3-4,6-9,17H,2,5,10-12H2,1H3,(H,16,18)/b9-8+. The SMILES string of the molecule is CCCOc1ccccc1/C=C/C(=O)NCCCO. The van der Waals surface area contributed by atoms with Crippen molar-refractivity contribution in [3.05, 3.63) is 35.9 Å². The number of carbonyl (C=O) groups excluding carboxylic acids is 1. The normalized spacial score (nSPS) is 10.6. The highest BCUT2D eigenvalue weighted by molar-refractivity contribution is 5.92. The summed E-state index contributed by atoms with van der Waals surface area (Å²) >= 11 is 0. The Kier molecular flexibility index (Phi) is 7.35. The number of para-hydroxylation sites is 1. The van der Waals surface area contributed by atoms with Gasteiger partial charge in [0, 0.05) is 24.8 Å². The molecule has 1 aromatic carbocycles. The van der Waals surface area contributed by atoms with Crippen LogP contribution in [-0.4, -0.2) is 30.8 Å². The van der Waals surface area contributed by atoms with Crippen LogP contribution in [0.2, 0.25) is 0 Å². The molecule has 1 aromatic rings. The molecule has 0 radical (unpaired) electrons. The summed E-state index contributed by atoms with van der Waals surface area (Å²) in [5, 5.41) is 11.3. The van der Waals surface area contributed by atoms with Crippen molar-refractivity contribution < 1.29 is 14.6 Å². The first-order valence-electron chi connectivity index (χ1n) is 6.56. The number of hydrogen-bond donors (Lipinski definition) is 2. The number of benzene rings is 1. The summed E-state index contributed by atoms with van der Waals surface area (Å²) in [6.07, 6.45) is 4.72. The quantitative estimate of drug-likeness (QED) is 0.557. The molecule has 4 nitrogen and oxygen atoms in total. The summed E-state index contributed by atoms with van der Waals surface area (Å²) in [5.41, 5.74) is 0.883. The fourth-order valence-electron chi connectivity index (χ4n) is 1.48. The van der Waals surface area contributed by atoms with E-state index in [0.717, 1.165) is 17.7 Å². The maximum absolute atomic E-state index is 11.5. The van der Waals surface area contributed by atoms with E-state index in [1.165, 1.54) is 6.08 Å². The summed E-state index contributed by atoms with van der Waals surface area (Å²) < 4.78 is 5.60. The van der Waals surface area contributed by atoms with Gasteiger partial charge in [0.2, 0.25) is 5.91 Å².